The molecular weight excluding hydrogens is 1280 g/mol. The van der Waals surface area contributed by atoms with E-state index in [1.807, 2.05) is 0 Å². The van der Waals surface area contributed by atoms with E-state index in [4.69, 9.17) is 37.0 Å². The molecule has 0 aliphatic carbocycles. The first-order valence-electron chi connectivity index (χ1n) is 41.3. The van der Waals surface area contributed by atoms with Crippen LogP contribution >= 0.6 is 15.6 Å². The number of hydrogen-bond acceptors (Lipinski definition) is 15. The molecule has 98 heavy (non-hydrogen) atoms. The van der Waals surface area contributed by atoms with Crippen LogP contribution < -0.4 is 0 Å². The molecule has 0 saturated heterocycles. The first-order chi connectivity index (χ1) is 47.7. The van der Waals surface area contributed by atoms with E-state index in [1.54, 1.807) is 0 Å². The molecule has 0 aliphatic heterocycles. The molecular formula is C79H154O17P2. The van der Waals surface area contributed by atoms with Crippen LogP contribution in [-0.2, 0) is 65.4 Å². The van der Waals surface area contributed by atoms with Crippen molar-refractivity contribution in [3.8, 4) is 0 Å². The largest absolute Gasteiger partial charge is 0.472 e. The molecule has 5 atom stereocenters. The maximum atomic E-state index is 13.1. The van der Waals surface area contributed by atoms with E-state index < -0.39 is 97.5 Å². The van der Waals surface area contributed by atoms with Gasteiger partial charge in [-0.1, -0.05) is 374 Å². The topological polar surface area (TPSA) is 237 Å². The van der Waals surface area contributed by atoms with Gasteiger partial charge in [-0.15, -0.1) is 0 Å². The second-order valence-corrected chi connectivity index (χ2v) is 31.4. The van der Waals surface area contributed by atoms with Gasteiger partial charge in [0.15, 0.2) is 12.2 Å². The summed E-state index contributed by atoms with van der Waals surface area (Å²) in [5, 5.41) is 10.6. The van der Waals surface area contributed by atoms with Crippen LogP contribution in [0.3, 0.4) is 0 Å². The Labute approximate surface area is 600 Å². The van der Waals surface area contributed by atoms with E-state index in [9.17, 15) is 43.2 Å². The predicted octanol–water partition coefficient (Wildman–Crippen LogP) is 23.8. The van der Waals surface area contributed by atoms with Gasteiger partial charge in [-0.3, -0.25) is 37.3 Å². The Balaban J connectivity index is 5.21. The Hall–Kier alpha value is -1.94. The smallest absolute Gasteiger partial charge is 0.462 e. The highest BCUT2D eigenvalue weighted by Crippen LogP contribution is 2.45. The molecule has 0 fully saturated rings. The van der Waals surface area contributed by atoms with Gasteiger partial charge < -0.3 is 33.8 Å². The number of esters is 4. The van der Waals surface area contributed by atoms with Crippen LogP contribution in [0, 0.1) is 0 Å². The van der Waals surface area contributed by atoms with Gasteiger partial charge in [-0.2, -0.15) is 0 Å². The van der Waals surface area contributed by atoms with Gasteiger partial charge in [-0.05, 0) is 25.7 Å². The van der Waals surface area contributed by atoms with Crippen LogP contribution in [-0.4, -0.2) is 96.7 Å². The number of phosphoric acid groups is 2. The normalized spacial score (nSPS) is 13.8. The Kier molecular flexibility index (Phi) is 71.9. The van der Waals surface area contributed by atoms with Crippen molar-refractivity contribution >= 4 is 39.5 Å². The zero-order chi connectivity index (χ0) is 71.8. The highest BCUT2D eigenvalue weighted by molar-refractivity contribution is 7.47. The molecule has 0 amide bonds. The fourth-order valence-corrected chi connectivity index (χ4v) is 13.9. The summed E-state index contributed by atoms with van der Waals surface area (Å²) in [6.45, 7) is 5.01. The lowest BCUT2D eigenvalue weighted by molar-refractivity contribution is -0.161. The molecule has 0 aromatic rings. The van der Waals surface area contributed by atoms with Crippen LogP contribution in [0.2, 0.25) is 0 Å². The number of aliphatic hydroxyl groups excluding tert-OH is 1. The lowest BCUT2D eigenvalue weighted by atomic mass is 10.0. The predicted molar refractivity (Wildman–Crippen MR) is 400 cm³/mol. The minimum absolute atomic E-state index is 0.108. The van der Waals surface area contributed by atoms with E-state index in [0.717, 1.165) is 89.9 Å². The van der Waals surface area contributed by atoms with Gasteiger partial charge in [0.25, 0.3) is 0 Å². The molecule has 0 aliphatic rings. The second-order valence-electron chi connectivity index (χ2n) is 28.5. The maximum absolute atomic E-state index is 13.1. The van der Waals surface area contributed by atoms with Crippen molar-refractivity contribution in [3.05, 3.63) is 0 Å². The number of hydrogen-bond donors (Lipinski definition) is 3. The molecule has 0 radical (unpaired) electrons. The summed E-state index contributed by atoms with van der Waals surface area (Å²) < 4.78 is 68.6. The summed E-state index contributed by atoms with van der Waals surface area (Å²) in [5.74, 6) is -2.11. The van der Waals surface area contributed by atoms with Crippen LogP contribution in [0.5, 0.6) is 0 Å². The monoisotopic (exact) mass is 1440 g/mol. The average molecular weight is 1440 g/mol. The van der Waals surface area contributed by atoms with Gasteiger partial charge in [0.2, 0.25) is 0 Å². The Bertz CT molecular complexity index is 1860. The third-order valence-electron chi connectivity index (χ3n) is 18.6. The van der Waals surface area contributed by atoms with E-state index in [-0.39, 0.29) is 25.7 Å². The van der Waals surface area contributed by atoms with E-state index in [2.05, 4.69) is 27.7 Å². The molecule has 17 nitrogen and oxygen atoms in total. The lowest BCUT2D eigenvalue weighted by Crippen LogP contribution is -2.30. The summed E-state index contributed by atoms with van der Waals surface area (Å²) in [6, 6.07) is 0. The summed E-state index contributed by atoms with van der Waals surface area (Å²) in [5.41, 5.74) is 0. The van der Waals surface area contributed by atoms with Gasteiger partial charge in [0.1, 0.15) is 19.3 Å². The number of aliphatic hydroxyl groups is 1. The fourth-order valence-electron chi connectivity index (χ4n) is 12.3. The van der Waals surface area contributed by atoms with Crippen molar-refractivity contribution < 1.29 is 80.2 Å². The lowest BCUT2D eigenvalue weighted by Gasteiger charge is -2.21. The summed E-state index contributed by atoms with van der Waals surface area (Å²) in [6.07, 6.45) is 65.1. The average Bonchev–Trinajstić information content (AvgIpc) is 1.14. The molecule has 3 N–H and O–H groups in total. The maximum Gasteiger partial charge on any atom is 0.472 e. The Morgan fingerprint density at radius 3 is 0.602 bits per heavy atom. The van der Waals surface area contributed by atoms with Crippen LogP contribution in [0.25, 0.3) is 0 Å². The Morgan fingerprint density at radius 2 is 0.408 bits per heavy atom. The summed E-state index contributed by atoms with van der Waals surface area (Å²) >= 11 is 0. The number of rotatable bonds is 80. The van der Waals surface area contributed by atoms with E-state index in [1.165, 1.54) is 257 Å². The van der Waals surface area contributed by atoms with E-state index in [0.29, 0.717) is 25.7 Å². The highest BCUT2D eigenvalue weighted by Gasteiger charge is 2.30. The number of carbonyl (C=O) groups is 4. The van der Waals surface area contributed by atoms with Crippen molar-refractivity contribution in [1.29, 1.82) is 0 Å². The van der Waals surface area contributed by atoms with Crippen molar-refractivity contribution in [1.82, 2.24) is 0 Å². The molecule has 0 bridgehead atoms. The minimum atomic E-state index is -4.96. The number of ether oxygens (including phenoxy) is 4. The van der Waals surface area contributed by atoms with Gasteiger partial charge >= 0.3 is 39.5 Å². The molecule has 0 rings (SSSR count). The van der Waals surface area contributed by atoms with Crippen molar-refractivity contribution in [3.63, 3.8) is 0 Å². The fraction of sp³-hybridized carbons (Fsp3) is 0.949. The summed E-state index contributed by atoms with van der Waals surface area (Å²) in [4.78, 5) is 72.9. The number of phosphoric ester groups is 2. The van der Waals surface area contributed by atoms with Gasteiger partial charge in [-0.25, -0.2) is 9.13 Å². The first-order valence-corrected chi connectivity index (χ1v) is 44.3. The standard InChI is InChI=1S/C79H154O17P2/c1-5-9-13-17-21-25-29-31-33-35-36-37-38-40-42-46-50-54-58-62-66-79(84)96-75(70-90-77(82)64-60-56-52-48-45-41-39-34-32-30-26-22-18-14-10-6-2)72-94-98(87,88)92-68-73(80)67-91-97(85,86)93-71-74(95-78(83)65-61-57-53-49-44-28-24-20-16-12-8-4)69-89-76(81)63-59-55-51-47-43-27-23-19-15-11-7-3/h73-75,80H,5-72H2,1-4H3,(H,85,86)(H,87,88)/t73-,74+,75+/m0/s1. The zero-order valence-electron chi connectivity index (χ0n) is 63.8. The van der Waals surface area contributed by atoms with Crippen LogP contribution in [0.15, 0.2) is 0 Å². The van der Waals surface area contributed by atoms with Gasteiger partial charge in [0.05, 0.1) is 26.4 Å². The molecule has 582 valence electrons. The Morgan fingerprint density at radius 1 is 0.245 bits per heavy atom. The molecule has 0 saturated carbocycles. The molecule has 19 heteroatoms. The SMILES string of the molecule is CCCCCCCCCCCCCCCCCCCCCCC(=O)O[C@H](COC(=O)CCCCCCCCCCCCCCCCCC)COP(=O)(O)OC[C@@H](O)COP(=O)(O)OC[C@@H](COC(=O)CCCCCCCCCCCCC)OC(=O)CCCCCCCCCCCCC. The molecule has 2 unspecified atom stereocenters. The molecule has 0 heterocycles. The highest BCUT2D eigenvalue weighted by atomic mass is 31.2. The third kappa shape index (κ3) is 72.4. The van der Waals surface area contributed by atoms with Crippen molar-refractivity contribution in [2.75, 3.05) is 39.6 Å². The van der Waals surface area contributed by atoms with E-state index >= 15 is 0 Å². The van der Waals surface area contributed by atoms with Crippen molar-refractivity contribution in [2.24, 2.45) is 0 Å². The van der Waals surface area contributed by atoms with Crippen LogP contribution in [0.1, 0.15) is 426 Å². The van der Waals surface area contributed by atoms with Crippen LogP contribution in [0.4, 0.5) is 0 Å². The third-order valence-corrected chi connectivity index (χ3v) is 20.5. The molecule has 0 aromatic heterocycles. The quantitative estimate of drug-likeness (QED) is 0.0222. The van der Waals surface area contributed by atoms with Crippen molar-refractivity contribution in [2.45, 2.75) is 444 Å². The van der Waals surface area contributed by atoms with Gasteiger partial charge in [0, 0.05) is 25.7 Å². The summed E-state index contributed by atoms with van der Waals surface area (Å²) in [7, 11) is -9.91. The number of unbranched alkanes of at least 4 members (excludes halogenated alkanes) is 54. The zero-order valence-corrected chi connectivity index (χ0v) is 65.6. The second kappa shape index (κ2) is 73.4. The molecule has 0 aromatic carbocycles. The minimum Gasteiger partial charge on any atom is -0.462 e. The molecule has 0 spiro atoms. The number of carbonyl (C=O) groups excluding carboxylic acids is 4. The first kappa shape index (κ1) is 96.1.